The van der Waals surface area contributed by atoms with Gasteiger partial charge in [0.2, 0.25) is 0 Å². The lowest BCUT2D eigenvalue weighted by Crippen LogP contribution is -2.30. The molecule has 2 rings (SSSR count). The Morgan fingerprint density at radius 2 is 2.41 bits per heavy atom. The quantitative estimate of drug-likeness (QED) is 0.848. The fourth-order valence-corrected chi connectivity index (χ4v) is 1.94. The van der Waals surface area contributed by atoms with E-state index in [1.807, 2.05) is 13.1 Å². The van der Waals surface area contributed by atoms with Gasteiger partial charge in [0.05, 0.1) is 18.0 Å². The summed E-state index contributed by atoms with van der Waals surface area (Å²) in [7, 11) is 3.50. The molecule has 5 nitrogen and oxygen atoms in total. The number of carbonyl (C=O) groups excluding carboxylic acids is 1. The second-order valence-electron chi connectivity index (χ2n) is 4.08. The topological polar surface area (TPSA) is 54.5 Å². The molecule has 5 heteroatoms. The van der Waals surface area contributed by atoms with E-state index in [2.05, 4.69) is 10.3 Å². The standard InChI is InChI=1S/C12H17N3O2/c1-13-9-3-4-11(14-7-9)12(16)15-6-5-10(8-15)17-2/h3-4,7,10,13H,5-6,8H2,1-2H3. The summed E-state index contributed by atoms with van der Waals surface area (Å²) in [5.74, 6) is -0.0211. The highest BCUT2D eigenvalue weighted by molar-refractivity contribution is 5.92. The van der Waals surface area contributed by atoms with E-state index < -0.39 is 0 Å². The van der Waals surface area contributed by atoms with Gasteiger partial charge in [-0.25, -0.2) is 4.98 Å². The Kier molecular flexibility index (Phi) is 3.58. The lowest BCUT2D eigenvalue weighted by Gasteiger charge is -2.15. The first kappa shape index (κ1) is 11.9. The fraction of sp³-hybridized carbons (Fsp3) is 0.500. The Bertz CT molecular complexity index is 391. The van der Waals surface area contributed by atoms with Crippen LogP contribution in [0.1, 0.15) is 16.9 Å². The van der Waals surface area contributed by atoms with Gasteiger partial charge in [0.15, 0.2) is 0 Å². The van der Waals surface area contributed by atoms with Gasteiger partial charge in [-0.3, -0.25) is 4.79 Å². The molecule has 0 radical (unpaired) electrons. The van der Waals surface area contributed by atoms with Crippen LogP contribution in [0.15, 0.2) is 18.3 Å². The summed E-state index contributed by atoms with van der Waals surface area (Å²) < 4.78 is 5.24. The Morgan fingerprint density at radius 3 is 2.94 bits per heavy atom. The zero-order valence-corrected chi connectivity index (χ0v) is 10.1. The number of rotatable bonds is 3. The molecule has 1 unspecified atom stereocenters. The van der Waals surface area contributed by atoms with Gasteiger partial charge in [0, 0.05) is 27.2 Å². The number of nitrogens with one attached hydrogen (secondary N) is 1. The molecule has 1 aliphatic heterocycles. The Balaban J connectivity index is 2.04. The molecule has 92 valence electrons. The van der Waals surface area contributed by atoms with Crippen molar-refractivity contribution in [3.05, 3.63) is 24.0 Å². The van der Waals surface area contributed by atoms with E-state index >= 15 is 0 Å². The molecule has 1 amide bonds. The molecule has 1 aromatic rings. The summed E-state index contributed by atoms with van der Waals surface area (Å²) in [4.78, 5) is 18.0. The zero-order chi connectivity index (χ0) is 12.3. The number of likely N-dealkylation sites (tertiary alicyclic amines) is 1. The lowest BCUT2D eigenvalue weighted by molar-refractivity contribution is 0.0719. The molecule has 1 aliphatic rings. The lowest BCUT2D eigenvalue weighted by atomic mass is 10.3. The molecule has 0 saturated carbocycles. The van der Waals surface area contributed by atoms with Gasteiger partial charge in [-0.15, -0.1) is 0 Å². The minimum Gasteiger partial charge on any atom is -0.387 e. The normalized spacial score (nSPS) is 19.4. The highest BCUT2D eigenvalue weighted by Crippen LogP contribution is 2.15. The number of amides is 1. The number of hydrogen-bond donors (Lipinski definition) is 1. The van der Waals surface area contributed by atoms with Crippen LogP contribution in [0.4, 0.5) is 5.69 Å². The molecule has 0 bridgehead atoms. The van der Waals surface area contributed by atoms with E-state index in [0.717, 1.165) is 18.7 Å². The van der Waals surface area contributed by atoms with Crippen molar-refractivity contribution < 1.29 is 9.53 Å². The minimum absolute atomic E-state index is 0.0211. The van der Waals surface area contributed by atoms with Crippen molar-refractivity contribution in [3.63, 3.8) is 0 Å². The van der Waals surface area contributed by atoms with Crippen LogP contribution in [-0.4, -0.2) is 49.1 Å². The first-order valence-corrected chi connectivity index (χ1v) is 5.70. The molecular weight excluding hydrogens is 218 g/mol. The Morgan fingerprint density at radius 1 is 1.59 bits per heavy atom. The van der Waals surface area contributed by atoms with Gasteiger partial charge in [-0.05, 0) is 18.6 Å². The first-order chi connectivity index (χ1) is 8.24. The van der Waals surface area contributed by atoms with Crippen LogP contribution in [-0.2, 0) is 4.74 Å². The van der Waals surface area contributed by atoms with Crippen LogP contribution in [0, 0.1) is 0 Å². The van der Waals surface area contributed by atoms with E-state index in [4.69, 9.17) is 4.74 Å². The number of nitrogens with zero attached hydrogens (tertiary/aromatic N) is 2. The largest absolute Gasteiger partial charge is 0.387 e. The number of aromatic nitrogens is 1. The predicted octanol–water partition coefficient (Wildman–Crippen LogP) is 0.984. The maximum absolute atomic E-state index is 12.1. The van der Waals surface area contributed by atoms with Crippen molar-refractivity contribution in [2.75, 3.05) is 32.6 Å². The maximum atomic E-state index is 12.1. The van der Waals surface area contributed by atoms with Gasteiger partial charge < -0.3 is 15.0 Å². The van der Waals surface area contributed by atoms with Crippen LogP contribution in [0.3, 0.4) is 0 Å². The summed E-state index contributed by atoms with van der Waals surface area (Å²) in [6.07, 6.45) is 2.73. The molecular formula is C12H17N3O2. The van der Waals surface area contributed by atoms with Gasteiger partial charge in [-0.1, -0.05) is 0 Å². The number of anilines is 1. The van der Waals surface area contributed by atoms with Crippen LogP contribution in [0.25, 0.3) is 0 Å². The fourth-order valence-electron chi connectivity index (χ4n) is 1.94. The van der Waals surface area contributed by atoms with E-state index in [-0.39, 0.29) is 12.0 Å². The third-order valence-corrected chi connectivity index (χ3v) is 3.04. The SMILES string of the molecule is CNc1ccc(C(=O)N2CCC(OC)C2)nc1. The molecule has 2 heterocycles. The molecule has 1 saturated heterocycles. The van der Waals surface area contributed by atoms with Crippen molar-refractivity contribution in [2.24, 2.45) is 0 Å². The van der Waals surface area contributed by atoms with Crippen molar-refractivity contribution in [1.29, 1.82) is 0 Å². The van der Waals surface area contributed by atoms with Gasteiger partial charge in [-0.2, -0.15) is 0 Å². The zero-order valence-electron chi connectivity index (χ0n) is 10.1. The van der Waals surface area contributed by atoms with Crippen molar-refractivity contribution in [3.8, 4) is 0 Å². The number of methoxy groups -OCH3 is 1. The van der Waals surface area contributed by atoms with Crippen molar-refractivity contribution in [1.82, 2.24) is 9.88 Å². The number of pyridine rings is 1. The molecule has 0 aliphatic carbocycles. The third kappa shape index (κ3) is 2.55. The molecule has 1 atom stereocenters. The summed E-state index contributed by atoms with van der Waals surface area (Å²) in [6.45, 7) is 1.40. The highest BCUT2D eigenvalue weighted by atomic mass is 16.5. The Hall–Kier alpha value is -1.62. The second kappa shape index (κ2) is 5.14. The second-order valence-corrected chi connectivity index (χ2v) is 4.08. The molecule has 1 N–H and O–H groups in total. The number of ether oxygens (including phenoxy) is 1. The van der Waals surface area contributed by atoms with Crippen LogP contribution < -0.4 is 5.32 Å². The summed E-state index contributed by atoms with van der Waals surface area (Å²) in [5.41, 5.74) is 1.39. The van der Waals surface area contributed by atoms with E-state index in [0.29, 0.717) is 12.2 Å². The summed E-state index contributed by atoms with van der Waals surface area (Å²) in [5, 5.41) is 2.97. The average molecular weight is 235 g/mol. The van der Waals surface area contributed by atoms with E-state index in [1.54, 1.807) is 24.3 Å². The van der Waals surface area contributed by atoms with E-state index in [9.17, 15) is 4.79 Å². The van der Waals surface area contributed by atoms with Gasteiger partial charge in [0.25, 0.3) is 5.91 Å². The monoisotopic (exact) mass is 235 g/mol. The van der Waals surface area contributed by atoms with Crippen LogP contribution in [0.2, 0.25) is 0 Å². The Labute approximate surface area is 101 Å². The number of carbonyl (C=O) groups is 1. The third-order valence-electron chi connectivity index (χ3n) is 3.04. The molecule has 0 spiro atoms. The van der Waals surface area contributed by atoms with Crippen LogP contribution >= 0.6 is 0 Å². The van der Waals surface area contributed by atoms with Gasteiger partial charge in [0.1, 0.15) is 5.69 Å². The van der Waals surface area contributed by atoms with Crippen molar-refractivity contribution >= 4 is 11.6 Å². The first-order valence-electron chi connectivity index (χ1n) is 5.70. The van der Waals surface area contributed by atoms with Crippen LogP contribution in [0.5, 0.6) is 0 Å². The van der Waals surface area contributed by atoms with Gasteiger partial charge >= 0.3 is 0 Å². The minimum atomic E-state index is -0.0211. The smallest absolute Gasteiger partial charge is 0.272 e. The molecule has 0 aromatic carbocycles. The van der Waals surface area contributed by atoms with E-state index in [1.165, 1.54) is 0 Å². The highest BCUT2D eigenvalue weighted by Gasteiger charge is 2.27. The molecule has 1 fully saturated rings. The van der Waals surface area contributed by atoms with Crippen molar-refractivity contribution in [2.45, 2.75) is 12.5 Å². The summed E-state index contributed by atoms with van der Waals surface area (Å²) >= 11 is 0. The summed E-state index contributed by atoms with van der Waals surface area (Å²) in [6, 6.07) is 3.60. The number of hydrogen-bond acceptors (Lipinski definition) is 4. The predicted molar refractivity (Wildman–Crippen MR) is 65.1 cm³/mol. The molecule has 1 aromatic heterocycles. The maximum Gasteiger partial charge on any atom is 0.272 e. The molecule has 17 heavy (non-hydrogen) atoms. The average Bonchev–Trinajstić information content (AvgIpc) is 2.87.